The summed E-state index contributed by atoms with van der Waals surface area (Å²) in [5.41, 5.74) is 1.04. The van der Waals surface area contributed by atoms with Gasteiger partial charge >= 0.3 is 5.97 Å². The van der Waals surface area contributed by atoms with E-state index in [0.717, 1.165) is 3.79 Å². The van der Waals surface area contributed by atoms with Gasteiger partial charge in [0.05, 0.1) is 19.5 Å². The molecule has 2 rings (SSSR count). The molecule has 0 saturated carbocycles. The van der Waals surface area contributed by atoms with Gasteiger partial charge in [0.25, 0.3) is 5.91 Å². The summed E-state index contributed by atoms with van der Waals surface area (Å²) in [6, 6.07) is 0.618. The summed E-state index contributed by atoms with van der Waals surface area (Å²) >= 11 is 7.89. The third-order valence-corrected chi connectivity index (χ3v) is 4.82. The summed E-state index contributed by atoms with van der Waals surface area (Å²) in [4.78, 5) is 29.9. The van der Waals surface area contributed by atoms with Gasteiger partial charge in [0, 0.05) is 18.3 Å². The van der Waals surface area contributed by atoms with Crippen LogP contribution >= 0.6 is 43.2 Å². The predicted octanol–water partition coefficient (Wildman–Crippen LogP) is 2.42. The summed E-state index contributed by atoms with van der Waals surface area (Å²) in [7, 11) is 0. The van der Waals surface area contributed by atoms with Crippen molar-refractivity contribution in [1.82, 2.24) is 15.3 Å². The van der Waals surface area contributed by atoms with E-state index in [9.17, 15) is 14.7 Å². The smallest absolute Gasteiger partial charge is 0.326 e. The van der Waals surface area contributed by atoms with Gasteiger partial charge in [0.1, 0.15) is 6.04 Å². The van der Waals surface area contributed by atoms with E-state index in [1.807, 2.05) is 0 Å². The second kappa shape index (κ2) is 6.51. The number of carbonyl (C=O) groups is 2. The molecule has 0 bridgehead atoms. The number of carbonyl (C=O) groups excluding carboxylic acids is 1. The third kappa shape index (κ3) is 3.68. The molecule has 0 aliphatic heterocycles. The molecule has 0 radical (unpaired) electrons. The van der Waals surface area contributed by atoms with Crippen LogP contribution < -0.4 is 5.32 Å². The van der Waals surface area contributed by atoms with Crippen LogP contribution in [0.4, 0.5) is 0 Å². The van der Waals surface area contributed by atoms with E-state index in [1.54, 1.807) is 6.07 Å². The Morgan fingerprint density at radius 1 is 1.50 bits per heavy atom. The first-order valence-corrected chi connectivity index (χ1v) is 7.83. The zero-order valence-electron chi connectivity index (χ0n) is 9.89. The third-order valence-electron chi connectivity index (χ3n) is 2.48. The Hall–Kier alpha value is -1.19. The number of hydrogen-bond donors (Lipinski definition) is 3. The van der Waals surface area contributed by atoms with Crippen molar-refractivity contribution >= 4 is 55.1 Å². The van der Waals surface area contributed by atoms with Crippen molar-refractivity contribution in [2.45, 2.75) is 12.5 Å². The van der Waals surface area contributed by atoms with Crippen LogP contribution in [0.15, 0.2) is 26.2 Å². The first-order valence-electron chi connectivity index (χ1n) is 5.43. The average Bonchev–Trinajstić information content (AvgIpc) is 2.97. The molecule has 20 heavy (non-hydrogen) atoms. The van der Waals surface area contributed by atoms with Crippen molar-refractivity contribution in [3.63, 3.8) is 0 Å². The van der Waals surface area contributed by atoms with Gasteiger partial charge in [-0.1, -0.05) is 0 Å². The minimum absolute atomic E-state index is 0.143. The molecule has 3 N–H and O–H groups in total. The minimum Gasteiger partial charge on any atom is -0.480 e. The first-order chi connectivity index (χ1) is 9.47. The molecule has 0 spiro atoms. The number of amides is 1. The second-order valence-electron chi connectivity index (χ2n) is 3.88. The van der Waals surface area contributed by atoms with Crippen LogP contribution in [0.5, 0.6) is 0 Å². The molecular formula is C11H9Br2N3O3S. The van der Waals surface area contributed by atoms with Gasteiger partial charge in [0.2, 0.25) is 0 Å². The second-order valence-corrected chi connectivity index (χ2v) is 7.63. The van der Waals surface area contributed by atoms with Crippen LogP contribution in [0.3, 0.4) is 0 Å². The molecule has 2 aromatic heterocycles. The predicted molar refractivity (Wildman–Crippen MR) is 80.9 cm³/mol. The Balaban J connectivity index is 2.10. The van der Waals surface area contributed by atoms with Gasteiger partial charge in [-0.05, 0) is 37.9 Å². The maximum absolute atomic E-state index is 12.1. The number of imidazole rings is 1. The number of carboxylic acid groups (broad SMARTS) is 1. The summed E-state index contributed by atoms with van der Waals surface area (Å²) < 4.78 is 1.43. The maximum atomic E-state index is 12.1. The highest BCUT2D eigenvalue weighted by molar-refractivity contribution is 9.12. The van der Waals surface area contributed by atoms with Crippen molar-refractivity contribution in [2.75, 3.05) is 0 Å². The average molecular weight is 423 g/mol. The standard InChI is InChI=1S/C11H9Br2N3O3S/c12-8-2-6(9(13)20-8)10(17)16-7(11(18)19)1-5-3-14-4-15-5/h2-4,7H,1H2,(H,14,15)(H,16,17)(H,18,19)/t7-/m0/s1. The maximum Gasteiger partial charge on any atom is 0.326 e. The number of nitrogens with one attached hydrogen (secondary N) is 2. The normalized spacial score (nSPS) is 12.1. The Labute approximate surface area is 134 Å². The molecule has 0 aliphatic carbocycles. The van der Waals surface area contributed by atoms with Crippen LogP contribution in [0.25, 0.3) is 0 Å². The molecule has 6 nitrogen and oxygen atoms in total. The number of halogens is 2. The summed E-state index contributed by atoms with van der Waals surface area (Å²) in [5.74, 6) is -1.54. The van der Waals surface area contributed by atoms with Gasteiger partial charge < -0.3 is 15.4 Å². The fraction of sp³-hybridized carbons (Fsp3) is 0.182. The Kier molecular flexibility index (Phi) is 4.95. The van der Waals surface area contributed by atoms with E-state index < -0.39 is 17.9 Å². The lowest BCUT2D eigenvalue weighted by atomic mass is 10.1. The lowest BCUT2D eigenvalue weighted by molar-refractivity contribution is -0.139. The number of rotatable bonds is 5. The van der Waals surface area contributed by atoms with E-state index in [2.05, 4.69) is 47.1 Å². The zero-order chi connectivity index (χ0) is 14.7. The van der Waals surface area contributed by atoms with Gasteiger partial charge in [-0.25, -0.2) is 9.78 Å². The Bertz CT molecular complexity index is 627. The molecule has 0 saturated heterocycles. The summed E-state index contributed by atoms with van der Waals surface area (Å²) in [6.07, 6.45) is 3.13. The van der Waals surface area contributed by atoms with Gasteiger partial charge in [-0.3, -0.25) is 4.79 Å². The molecule has 106 valence electrons. The van der Waals surface area contributed by atoms with Gasteiger partial charge in [-0.15, -0.1) is 11.3 Å². The van der Waals surface area contributed by atoms with Gasteiger partial charge in [-0.2, -0.15) is 0 Å². The monoisotopic (exact) mass is 421 g/mol. The van der Waals surface area contributed by atoms with Crippen LogP contribution in [0.1, 0.15) is 16.1 Å². The van der Waals surface area contributed by atoms with Gasteiger partial charge in [0.15, 0.2) is 0 Å². The fourth-order valence-electron chi connectivity index (χ4n) is 1.55. The van der Waals surface area contributed by atoms with Crippen molar-refractivity contribution in [1.29, 1.82) is 0 Å². The minimum atomic E-state index is -1.10. The summed E-state index contributed by atoms with van der Waals surface area (Å²) in [5, 5.41) is 11.7. The number of hydrogen-bond acceptors (Lipinski definition) is 4. The van der Waals surface area contributed by atoms with E-state index in [1.165, 1.54) is 23.9 Å². The molecular weight excluding hydrogens is 414 g/mol. The van der Waals surface area contributed by atoms with E-state index >= 15 is 0 Å². The number of carboxylic acids is 1. The highest BCUT2D eigenvalue weighted by Gasteiger charge is 2.23. The van der Waals surface area contributed by atoms with Crippen molar-refractivity contribution in [2.24, 2.45) is 0 Å². The SMILES string of the molecule is O=C(N[C@@H](Cc1cnc[nH]1)C(=O)O)c1cc(Br)sc1Br. The van der Waals surface area contributed by atoms with Crippen LogP contribution in [0, 0.1) is 0 Å². The summed E-state index contributed by atoms with van der Waals surface area (Å²) in [6.45, 7) is 0. The van der Waals surface area contributed by atoms with Crippen LogP contribution in [-0.2, 0) is 11.2 Å². The Morgan fingerprint density at radius 3 is 2.75 bits per heavy atom. The van der Waals surface area contributed by atoms with Crippen molar-refractivity contribution in [3.8, 4) is 0 Å². The van der Waals surface area contributed by atoms with Crippen LogP contribution in [-0.4, -0.2) is 33.0 Å². The number of aliphatic carboxylic acids is 1. The topological polar surface area (TPSA) is 95.1 Å². The number of H-pyrrole nitrogens is 1. The largest absolute Gasteiger partial charge is 0.480 e. The lowest BCUT2D eigenvalue weighted by Gasteiger charge is -2.13. The fourth-order valence-corrected chi connectivity index (χ4v) is 4.34. The van der Waals surface area contributed by atoms with E-state index in [0.29, 0.717) is 15.0 Å². The number of aromatic nitrogens is 2. The Morgan fingerprint density at radius 2 is 2.25 bits per heavy atom. The number of nitrogens with zero attached hydrogens (tertiary/aromatic N) is 1. The van der Waals surface area contributed by atoms with Crippen molar-refractivity contribution in [3.05, 3.63) is 37.4 Å². The molecule has 9 heteroatoms. The molecule has 2 aromatic rings. The zero-order valence-corrected chi connectivity index (χ0v) is 13.9. The van der Waals surface area contributed by atoms with Crippen molar-refractivity contribution < 1.29 is 14.7 Å². The molecule has 0 fully saturated rings. The van der Waals surface area contributed by atoms with E-state index in [4.69, 9.17) is 0 Å². The molecule has 0 aliphatic rings. The van der Waals surface area contributed by atoms with Crippen LogP contribution in [0.2, 0.25) is 0 Å². The molecule has 0 unspecified atom stereocenters. The number of aromatic amines is 1. The molecule has 1 amide bonds. The quantitative estimate of drug-likeness (QED) is 0.689. The molecule has 0 aromatic carbocycles. The molecule has 2 heterocycles. The van der Waals surface area contributed by atoms with E-state index in [-0.39, 0.29) is 6.42 Å². The highest BCUT2D eigenvalue weighted by Crippen LogP contribution is 2.31. The first kappa shape index (κ1) is 15.2. The number of thiophene rings is 1. The lowest BCUT2D eigenvalue weighted by Crippen LogP contribution is -2.42. The highest BCUT2D eigenvalue weighted by atomic mass is 79.9. The molecule has 1 atom stereocenters.